The van der Waals surface area contributed by atoms with Crippen LogP contribution in [0.25, 0.3) is 0 Å². The van der Waals surface area contributed by atoms with Gasteiger partial charge in [0.1, 0.15) is 0 Å². The Labute approximate surface area is 126 Å². The molecule has 0 aromatic heterocycles. The van der Waals surface area contributed by atoms with E-state index in [9.17, 15) is 8.42 Å². The molecule has 1 aromatic carbocycles. The molecule has 2 aliphatic rings. The lowest BCUT2D eigenvalue weighted by atomic mass is 9.78. The average Bonchev–Trinajstić information content (AvgIpc) is 2.82. The Kier molecular flexibility index (Phi) is 4.05. The second kappa shape index (κ2) is 5.68. The highest BCUT2D eigenvalue weighted by atomic mass is 32.2. The van der Waals surface area contributed by atoms with Crippen molar-refractivity contribution in [3.63, 3.8) is 0 Å². The molecule has 6 heteroatoms. The third kappa shape index (κ3) is 3.45. The van der Waals surface area contributed by atoms with Gasteiger partial charge in [-0.05, 0) is 36.8 Å². The second-order valence-electron chi connectivity index (χ2n) is 6.39. The van der Waals surface area contributed by atoms with Crippen LogP contribution in [0.2, 0.25) is 0 Å². The van der Waals surface area contributed by atoms with Crippen LogP contribution in [0, 0.1) is 5.41 Å². The molecule has 2 aliphatic heterocycles. The molecule has 1 spiro atoms. The Bertz CT molecular complexity index is 580. The van der Waals surface area contributed by atoms with Crippen molar-refractivity contribution in [3.05, 3.63) is 35.9 Å². The van der Waals surface area contributed by atoms with E-state index < -0.39 is 10.2 Å². The zero-order valence-electron chi connectivity index (χ0n) is 12.2. The third-order valence-electron chi connectivity index (χ3n) is 4.91. The average molecular weight is 309 g/mol. The van der Waals surface area contributed by atoms with Crippen molar-refractivity contribution in [1.29, 1.82) is 0 Å². The van der Waals surface area contributed by atoms with E-state index in [1.165, 1.54) is 9.87 Å². The Hall–Kier alpha value is -0.950. The minimum absolute atomic E-state index is 0.288. The largest absolute Gasteiger partial charge is 0.299 e. The van der Waals surface area contributed by atoms with Crippen LogP contribution >= 0.6 is 0 Å². The van der Waals surface area contributed by atoms with Crippen molar-refractivity contribution in [2.45, 2.75) is 25.8 Å². The predicted octanol–water partition coefficient (Wildman–Crippen LogP) is 1.18. The summed E-state index contributed by atoms with van der Waals surface area (Å²) < 4.78 is 24.2. The fourth-order valence-corrected chi connectivity index (χ4v) is 4.32. The van der Waals surface area contributed by atoms with Gasteiger partial charge in [-0.1, -0.05) is 30.3 Å². The van der Waals surface area contributed by atoms with Crippen molar-refractivity contribution in [3.8, 4) is 0 Å². The maximum atomic E-state index is 11.4. The zero-order chi connectivity index (χ0) is 14.9. The summed E-state index contributed by atoms with van der Waals surface area (Å²) in [5, 5.41) is 5.21. The van der Waals surface area contributed by atoms with Crippen LogP contribution in [-0.2, 0) is 16.8 Å². The Morgan fingerprint density at radius 1 is 1.05 bits per heavy atom. The van der Waals surface area contributed by atoms with E-state index in [-0.39, 0.29) is 5.41 Å². The van der Waals surface area contributed by atoms with Crippen LogP contribution in [0.3, 0.4) is 0 Å². The van der Waals surface area contributed by atoms with Crippen molar-refractivity contribution < 1.29 is 8.42 Å². The lowest BCUT2D eigenvalue weighted by Crippen LogP contribution is -2.46. The first kappa shape index (κ1) is 15.0. The first-order chi connectivity index (χ1) is 9.97. The van der Waals surface area contributed by atoms with E-state index >= 15 is 0 Å². The third-order valence-corrected chi connectivity index (χ3v) is 5.99. The topological polar surface area (TPSA) is 66.6 Å². The summed E-state index contributed by atoms with van der Waals surface area (Å²) in [5.74, 6) is 0. The molecule has 116 valence electrons. The van der Waals surface area contributed by atoms with Crippen LogP contribution in [0.5, 0.6) is 0 Å². The summed E-state index contributed by atoms with van der Waals surface area (Å²) >= 11 is 0. The highest BCUT2D eigenvalue weighted by molar-refractivity contribution is 7.86. The molecule has 2 saturated heterocycles. The molecule has 2 heterocycles. The number of piperidine rings is 1. The van der Waals surface area contributed by atoms with Gasteiger partial charge in [-0.3, -0.25) is 4.90 Å². The predicted molar refractivity (Wildman–Crippen MR) is 82.7 cm³/mol. The van der Waals surface area contributed by atoms with E-state index in [0.29, 0.717) is 13.1 Å². The molecule has 5 nitrogen and oxygen atoms in total. The molecular weight excluding hydrogens is 286 g/mol. The van der Waals surface area contributed by atoms with E-state index in [4.69, 9.17) is 5.14 Å². The molecule has 0 unspecified atom stereocenters. The van der Waals surface area contributed by atoms with Gasteiger partial charge in [-0.25, -0.2) is 5.14 Å². The number of nitrogens with zero attached hydrogens (tertiary/aromatic N) is 2. The number of nitrogens with two attached hydrogens (primary N) is 1. The molecule has 2 fully saturated rings. The summed E-state index contributed by atoms with van der Waals surface area (Å²) in [4.78, 5) is 2.49. The Morgan fingerprint density at radius 3 is 2.29 bits per heavy atom. The lowest BCUT2D eigenvalue weighted by molar-refractivity contribution is 0.153. The van der Waals surface area contributed by atoms with Gasteiger partial charge >= 0.3 is 0 Å². The summed E-state index contributed by atoms with van der Waals surface area (Å²) in [7, 11) is -3.51. The molecule has 1 aromatic rings. The molecule has 0 atom stereocenters. The molecule has 3 rings (SSSR count). The molecule has 0 saturated carbocycles. The van der Waals surface area contributed by atoms with E-state index in [1.54, 1.807) is 0 Å². The van der Waals surface area contributed by atoms with Crippen molar-refractivity contribution >= 4 is 10.2 Å². The summed E-state index contributed by atoms with van der Waals surface area (Å²) in [6, 6.07) is 10.5. The van der Waals surface area contributed by atoms with E-state index in [2.05, 4.69) is 29.2 Å². The van der Waals surface area contributed by atoms with Crippen molar-refractivity contribution in [2.24, 2.45) is 10.6 Å². The van der Waals surface area contributed by atoms with Crippen LogP contribution in [0.1, 0.15) is 24.8 Å². The standard InChI is InChI=1S/C15H23N3O2S/c16-21(19,20)18-10-7-15(8-11-18)6-9-17(13-15)12-14-4-2-1-3-5-14/h1-5H,6-13H2,(H2,16,19,20). The van der Waals surface area contributed by atoms with Crippen LogP contribution < -0.4 is 5.14 Å². The smallest absolute Gasteiger partial charge is 0.276 e. The highest BCUT2D eigenvalue weighted by Gasteiger charge is 2.41. The fraction of sp³-hybridized carbons (Fsp3) is 0.600. The Balaban J connectivity index is 1.58. The summed E-state index contributed by atoms with van der Waals surface area (Å²) in [5.41, 5.74) is 1.63. The van der Waals surface area contributed by atoms with Gasteiger partial charge < -0.3 is 0 Å². The number of hydrogen-bond donors (Lipinski definition) is 1. The highest BCUT2D eigenvalue weighted by Crippen LogP contribution is 2.41. The molecule has 2 N–H and O–H groups in total. The van der Waals surface area contributed by atoms with Gasteiger partial charge in [-0.15, -0.1) is 0 Å². The number of hydrogen-bond acceptors (Lipinski definition) is 3. The summed E-state index contributed by atoms with van der Waals surface area (Å²) in [6.07, 6.45) is 3.02. The number of rotatable bonds is 3. The van der Waals surface area contributed by atoms with E-state index in [1.807, 2.05) is 6.07 Å². The van der Waals surface area contributed by atoms with Gasteiger partial charge in [0.15, 0.2) is 0 Å². The number of benzene rings is 1. The van der Waals surface area contributed by atoms with Gasteiger partial charge in [0.2, 0.25) is 0 Å². The van der Waals surface area contributed by atoms with Gasteiger partial charge in [-0.2, -0.15) is 12.7 Å². The van der Waals surface area contributed by atoms with Crippen LogP contribution in [0.15, 0.2) is 30.3 Å². The molecular formula is C15H23N3O2S. The molecule has 0 bridgehead atoms. The molecule has 0 aliphatic carbocycles. The fourth-order valence-electron chi connectivity index (χ4n) is 3.63. The lowest BCUT2D eigenvalue weighted by Gasteiger charge is -2.38. The maximum Gasteiger partial charge on any atom is 0.276 e. The zero-order valence-corrected chi connectivity index (χ0v) is 13.1. The first-order valence-corrected chi connectivity index (χ1v) is 9.01. The molecule has 0 amide bonds. The Morgan fingerprint density at radius 2 is 1.67 bits per heavy atom. The van der Waals surface area contributed by atoms with Gasteiger partial charge in [0.05, 0.1) is 0 Å². The van der Waals surface area contributed by atoms with Crippen LogP contribution in [0.4, 0.5) is 0 Å². The van der Waals surface area contributed by atoms with Gasteiger partial charge in [0.25, 0.3) is 10.2 Å². The minimum atomic E-state index is -3.51. The maximum absolute atomic E-state index is 11.4. The number of likely N-dealkylation sites (tertiary alicyclic amines) is 1. The second-order valence-corrected chi connectivity index (χ2v) is 7.94. The van der Waals surface area contributed by atoms with Crippen LogP contribution in [-0.4, -0.2) is 43.8 Å². The van der Waals surface area contributed by atoms with E-state index in [0.717, 1.165) is 38.9 Å². The van der Waals surface area contributed by atoms with Crippen molar-refractivity contribution in [1.82, 2.24) is 9.21 Å². The molecule has 21 heavy (non-hydrogen) atoms. The first-order valence-electron chi connectivity index (χ1n) is 7.51. The monoisotopic (exact) mass is 309 g/mol. The molecule has 0 radical (unpaired) electrons. The van der Waals surface area contributed by atoms with Crippen molar-refractivity contribution in [2.75, 3.05) is 26.2 Å². The quantitative estimate of drug-likeness (QED) is 0.911. The summed E-state index contributed by atoms with van der Waals surface area (Å²) in [6.45, 7) is 4.29. The minimum Gasteiger partial charge on any atom is -0.299 e. The SMILES string of the molecule is NS(=O)(=O)N1CCC2(CCN(Cc3ccccc3)C2)CC1. The normalized spacial score (nSPS) is 23.7. The van der Waals surface area contributed by atoms with Gasteiger partial charge in [0, 0.05) is 26.2 Å².